The molecule has 4 aromatic rings. The molecule has 5 atom stereocenters. The van der Waals surface area contributed by atoms with Crippen molar-refractivity contribution in [2.24, 2.45) is 0 Å². The van der Waals surface area contributed by atoms with Gasteiger partial charge in [0.05, 0.1) is 24.5 Å². The van der Waals surface area contributed by atoms with Crippen LogP contribution in [0.25, 0.3) is 21.5 Å². The van der Waals surface area contributed by atoms with Gasteiger partial charge in [-0.25, -0.2) is 0 Å². The van der Waals surface area contributed by atoms with Crippen molar-refractivity contribution in [2.45, 2.75) is 82.5 Å². The number of ether oxygens (including phenoxy) is 2. The molecule has 52 heavy (non-hydrogen) atoms. The Morgan fingerprint density at radius 3 is 2.27 bits per heavy atom. The standard InChI is InChI=1S/C39H44ClN3O7.CH3Cl/c1-22(2)49-33-17-31-38(28-11-6-5-10-27(28)33)23(19-40)20-43(31)37(47)13-7-12-36(46)42-15-14-26-24-8-3-4-9-25(24)29(16-30(26)42)41-35-18-32(45)39(48)34(21-44)50-35;1-2/h3-6,8-11,16-17,22-23,32,34-35,39,41,44-45,48H,7,12-15,18-21H2,1-2H3;1H3. The van der Waals surface area contributed by atoms with E-state index in [1.165, 1.54) is 6.38 Å². The molecule has 3 aliphatic rings. The predicted molar refractivity (Wildman–Crippen MR) is 207 cm³/mol. The zero-order valence-corrected chi connectivity index (χ0v) is 31.2. The zero-order chi connectivity index (χ0) is 37.1. The van der Waals surface area contributed by atoms with Gasteiger partial charge in [-0.05, 0) is 54.7 Å². The molecule has 3 heterocycles. The van der Waals surface area contributed by atoms with Crippen LogP contribution in [0.4, 0.5) is 17.1 Å². The monoisotopic (exact) mass is 751 g/mol. The molecule has 1 saturated heterocycles. The van der Waals surface area contributed by atoms with E-state index in [0.29, 0.717) is 31.8 Å². The Kier molecular flexibility index (Phi) is 12.1. The van der Waals surface area contributed by atoms with E-state index in [1.807, 2.05) is 73.3 Å². The number of nitrogens with one attached hydrogen (secondary N) is 1. The van der Waals surface area contributed by atoms with Crippen molar-refractivity contribution in [3.05, 3.63) is 71.8 Å². The summed E-state index contributed by atoms with van der Waals surface area (Å²) in [5.41, 5.74) is 4.51. The number of aliphatic hydroxyl groups excluding tert-OH is 3. The van der Waals surface area contributed by atoms with E-state index in [0.717, 1.165) is 55.5 Å². The van der Waals surface area contributed by atoms with Gasteiger partial charge in [0.15, 0.2) is 0 Å². The molecule has 1 fully saturated rings. The van der Waals surface area contributed by atoms with Gasteiger partial charge in [0.1, 0.15) is 24.2 Å². The molecule has 278 valence electrons. The Morgan fingerprint density at radius 2 is 1.60 bits per heavy atom. The normalized spacial score (nSPS) is 22.3. The second-order valence-corrected chi connectivity index (χ2v) is 14.1. The van der Waals surface area contributed by atoms with Crippen molar-refractivity contribution >= 4 is 73.6 Å². The summed E-state index contributed by atoms with van der Waals surface area (Å²) in [6.45, 7) is 4.57. The maximum Gasteiger partial charge on any atom is 0.227 e. The molecular formula is C40H47Cl2N3O7. The number of carbonyl (C=O) groups excluding carboxylic acids is 2. The third kappa shape index (κ3) is 7.42. The van der Waals surface area contributed by atoms with Gasteiger partial charge in [0.25, 0.3) is 0 Å². The number of halogens is 2. The van der Waals surface area contributed by atoms with Gasteiger partial charge >= 0.3 is 0 Å². The second kappa shape index (κ2) is 16.6. The molecule has 7 rings (SSSR count). The summed E-state index contributed by atoms with van der Waals surface area (Å²) in [6.07, 6.45) is -0.665. The summed E-state index contributed by atoms with van der Waals surface area (Å²) < 4.78 is 12.0. The number of hydrogen-bond acceptors (Lipinski definition) is 8. The summed E-state index contributed by atoms with van der Waals surface area (Å²) in [5.74, 6) is 1.03. The van der Waals surface area contributed by atoms with Crippen LogP contribution in [0.15, 0.2) is 60.7 Å². The SMILES string of the molecule is CC(C)Oc1cc2c(c3ccccc13)C(CCl)CN2C(=O)CCCC(=O)N1CCc2c1cc(NC1CC(O)C(O)C(CO)O1)c1ccccc21.CCl. The molecule has 2 amide bonds. The van der Waals surface area contributed by atoms with E-state index < -0.39 is 31.1 Å². The lowest BCUT2D eigenvalue weighted by Crippen LogP contribution is -2.51. The number of amides is 2. The third-order valence-corrected chi connectivity index (χ3v) is 10.5. The third-order valence-electron chi connectivity index (χ3n) is 10.1. The maximum atomic E-state index is 13.8. The van der Waals surface area contributed by atoms with E-state index in [1.54, 1.807) is 4.90 Å². The first-order valence-corrected chi connectivity index (χ1v) is 19.2. The summed E-state index contributed by atoms with van der Waals surface area (Å²) in [6, 6.07) is 19.9. The Labute approximate surface area is 314 Å². The van der Waals surface area contributed by atoms with Crippen LogP contribution < -0.4 is 19.9 Å². The average molecular weight is 753 g/mol. The fourth-order valence-corrected chi connectivity index (χ4v) is 8.06. The Bertz CT molecular complexity index is 1920. The van der Waals surface area contributed by atoms with Crippen LogP contribution in [0.2, 0.25) is 0 Å². The highest BCUT2D eigenvalue weighted by molar-refractivity contribution is 6.19. The first-order valence-electron chi connectivity index (χ1n) is 17.9. The van der Waals surface area contributed by atoms with E-state index in [2.05, 4.69) is 23.0 Å². The molecular weight excluding hydrogens is 705 g/mol. The van der Waals surface area contributed by atoms with Crippen molar-refractivity contribution in [1.29, 1.82) is 0 Å². The number of hydrogen-bond donors (Lipinski definition) is 4. The predicted octanol–water partition coefficient (Wildman–Crippen LogP) is 6.30. The minimum absolute atomic E-state index is 0.00385. The highest BCUT2D eigenvalue weighted by atomic mass is 35.5. The van der Waals surface area contributed by atoms with Crippen molar-refractivity contribution in [2.75, 3.05) is 47.1 Å². The van der Waals surface area contributed by atoms with Crippen LogP contribution in [-0.2, 0) is 20.7 Å². The van der Waals surface area contributed by atoms with Gasteiger partial charge < -0.3 is 39.9 Å². The smallest absolute Gasteiger partial charge is 0.227 e. The number of nitrogens with zero attached hydrogens (tertiary/aromatic N) is 2. The summed E-state index contributed by atoms with van der Waals surface area (Å²) in [5, 5.41) is 37.6. The van der Waals surface area contributed by atoms with Gasteiger partial charge in [-0.15, -0.1) is 23.2 Å². The molecule has 12 heteroatoms. The Morgan fingerprint density at radius 1 is 0.942 bits per heavy atom. The molecule has 0 saturated carbocycles. The molecule has 0 aromatic heterocycles. The minimum atomic E-state index is -1.17. The highest BCUT2D eigenvalue weighted by Gasteiger charge is 2.38. The lowest BCUT2D eigenvalue weighted by Gasteiger charge is -2.37. The first-order chi connectivity index (χ1) is 25.2. The van der Waals surface area contributed by atoms with Crippen LogP contribution >= 0.6 is 23.2 Å². The number of anilines is 3. The van der Waals surface area contributed by atoms with E-state index in [-0.39, 0.29) is 43.1 Å². The quantitative estimate of drug-likeness (QED) is 0.139. The summed E-state index contributed by atoms with van der Waals surface area (Å²) in [4.78, 5) is 31.1. The molecule has 4 N–H and O–H groups in total. The van der Waals surface area contributed by atoms with Crippen LogP contribution in [-0.4, -0.2) is 89.7 Å². The molecule has 5 unspecified atom stereocenters. The number of alkyl halides is 2. The molecule has 4 aromatic carbocycles. The van der Waals surface area contributed by atoms with E-state index >= 15 is 0 Å². The fourth-order valence-electron chi connectivity index (χ4n) is 7.80. The van der Waals surface area contributed by atoms with Crippen LogP contribution in [0, 0.1) is 0 Å². The maximum absolute atomic E-state index is 13.8. The van der Waals surface area contributed by atoms with Crippen molar-refractivity contribution in [1.82, 2.24) is 0 Å². The lowest BCUT2D eigenvalue weighted by molar-refractivity contribution is -0.172. The molecule has 0 aliphatic carbocycles. The van der Waals surface area contributed by atoms with Crippen molar-refractivity contribution < 1.29 is 34.4 Å². The van der Waals surface area contributed by atoms with Gasteiger partial charge in [-0.3, -0.25) is 9.59 Å². The summed E-state index contributed by atoms with van der Waals surface area (Å²) in [7, 11) is 0. The largest absolute Gasteiger partial charge is 0.490 e. The molecule has 10 nitrogen and oxygen atoms in total. The first kappa shape index (κ1) is 38.1. The zero-order valence-electron chi connectivity index (χ0n) is 29.7. The van der Waals surface area contributed by atoms with Crippen molar-refractivity contribution in [3.63, 3.8) is 0 Å². The van der Waals surface area contributed by atoms with Gasteiger partial charge in [0.2, 0.25) is 11.8 Å². The van der Waals surface area contributed by atoms with Gasteiger partial charge in [-0.2, -0.15) is 0 Å². The average Bonchev–Trinajstić information content (AvgIpc) is 3.76. The number of carbonyl (C=O) groups is 2. The van der Waals surface area contributed by atoms with E-state index in [9.17, 15) is 24.9 Å². The van der Waals surface area contributed by atoms with Crippen molar-refractivity contribution in [3.8, 4) is 5.75 Å². The topological polar surface area (TPSA) is 132 Å². The minimum Gasteiger partial charge on any atom is -0.490 e. The highest BCUT2D eigenvalue weighted by Crippen LogP contribution is 2.46. The fraction of sp³-hybridized carbons (Fsp3) is 0.450. The van der Waals surface area contributed by atoms with E-state index in [4.69, 9.17) is 21.1 Å². The second-order valence-electron chi connectivity index (χ2n) is 13.8. The van der Waals surface area contributed by atoms with Crippen LogP contribution in [0.5, 0.6) is 5.75 Å². The summed E-state index contributed by atoms with van der Waals surface area (Å²) >= 11 is 11.1. The van der Waals surface area contributed by atoms with Crippen LogP contribution in [0.1, 0.15) is 56.6 Å². The number of benzene rings is 4. The van der Waals surface area contributed by atoms with Gasteiger partial charge in [-0.1, -0.05) is 48.5 Å². The molecule has 3 aliphatic heterocycles. The molecule has 0 spiro atoms. The van der Waals surface area contributed by atoms with Gasteiger partial charge in [0, 0.05) is 78.7 Å². The number of rotatable bonds is 10. The van der Waals surface area contributed by atoms with Crippen LogP contribution in [0.3, 0.4) is 0 Å². The molecule has 0 radical (unpaired) electrons. The lowest BCUT2D eigenvalue weighted by atomic mass is 9.95. The Hall–Kier alpha value is -3.64. The number of fused-ring (bicyclic) bond motifs is 6. The molecule has 0 bridgehead atoms. The number of aliphatic hydroxyl groups is 3. The Balaban J connectivity index is 0.00000228.